The van der Waals surface area contributed by atoms with Crippen molar-refractivity contribution in [1.82, 2.24) is 0 Å². The van der Waals surface area contributed by atoms with Crippen LogP contribution in [-0.2, 0) is 29.0 Å². The van der Waals surface area contributed by atoms with Gasteiger partial charge in [-0.15, -0.1) is 0 Å². The van der Waals surface area contributed by atoms with E-state index >= 15 is 0 Å². The van der Waals surface area contributed by atoms with E-state index < -0.39 is 17.9 Å². The van der Waals surface area contributed by atoms with E-state index in [2.05, 4.69) is 34.4 Å². The minimum atomic E-state index is -0.949. The number of hydrogen-bond acceptors (Lipinski definition) is 9. The van der Waals surface area contributed by atoms with Crippen LogP contribution in [0.3, 0.4) is 0 Å². The van der Waals surface area contributed by atoms with Gasteiger partial charge in [-0.2, -0.15) is 0 Å². The molecule has 0 aliphatic heterocycles. The molecule has 0 aromatic rings. The number of hydrogen-bond donors (Lipinski definition) is 0. The molecule has 0 radical (unpaired) electrons. The molecule has 0 N–H and O–H groups in total. The van der Waals surface area contributed by atoms with Crippen molar-refractivity contribution in [1.29, 1.82) is 0 Å². The van der Waals surface area contributed by atoms with Crippen molar-refractivity contribution in [2.75, 3.05) is 0 Å². The molecule has 9 nitrogen and oxygen atoms in total. The molecule has 0 aliphatic carbocycles. The zero-order valence-electron chi connectivity index (χ0n) is 9.60. The van der Waals surface area contributed by atoms with Gasteiger partial charge in [0.1, 0.15) is 0 Å². The molecule has 0 atom stereocenters. The van der Waals surface area contributed by atoms with Crippen LogP contribution in [0.1, 0.15) is 0 Å². The third kappa shape index (κ3) is 31.4. The van der Waals surface area contributed by atoms with Crippen molar-refractivity contribution < 1.29 is 44.8 Å². The smallest absolute Gasteiger partial charge is 0.661 e. The number of carbonyl (C=O) groups is 3. The first-order valence-electron chi connectivity index (χ1n) is 3.82. The molecule has 10 heteroatoms. The molecule has 19 heavy (non-hydrogen) atoms. The summed E-state index contributed by atoms with van der Waals surface area (Å²) < 4.78 is 0. The Morgan fingerprint density at radius 2 is 0.842 bits per heavy atom. The van der Waals surface area contributed by atoms with Gasteiger partial charge in [-0.3, -0.25) is 0 Å². The molecule has 102 valence electrons. The van der Waals surface area contributed by atoms with Crippen LogP contribution in [0.15, 0.2) is 38.0 Å². The first-order chi connectivity index (χ1) is 8.42. The fourth-order valence-electron chi connectivity index (χ4n) is 0.102. The average Bonchev–Trinajstić information content (AvgIpc) is 2.45. The third-order valence-electron chi connectivity index (χ3n) is 0.746. The SMILES string of the molecule is C=CC(=O)O[O-].C=CC(=O)O[O-].C=CC(=O)O[O-].[Al+3]. The summed E-state index contributed by atoms with van der Waals surface area (Å²) in [7, 11) is 0. The molecule has 0 saturated carbocycles. The summed E-state index contributed by atoms with van der Waals surface area (Å²) in [5, 5.41) is 26.8. The Kier molecular flexibility index (Phi) is 29.0. The monoisotopic (exact) mass is 288 g/mol. The molecule has 0 rings (SSSR count). The predicted octanol–water partition coefficient (Wildman–Crippen LogP) is -3.41. The Balaban J connectivity index is -0.0000000865. The summed E-state index contributed by atoms with van der Waals surface area (Å²) in [6.45, 7) is 8.87. The molecule has 0 spiro atoms. The standard InChI is InChI=1S/3C3H4O3.Al/c3*1-2-3(4)6-5;/h3*2,5H,1H2;/q;;;+3/p-3. The molecular weight excluding hydrogens is 279 g/mol. The number of rotatable bonds is 3. The zero-order valence-corrected chi connectivity index (χ0v) is 10.8. The molecular formula is C9H9AlO9. The fraction of sp³-hybridized carbons (Fsp3) is 0. The van der Waals surface area contributed by atoms with Gasteiger partial charge in [0.05, 0.1) is 0 Å². The molecule has 0 aromatic carbocycles. The van der Waals surface area contributed by atoms with Crippen LogP contribution in [0.2, 0.25) is 0 Å². The first kappa shape index (κ1) is 25.8. The summed E-state index contributed by atoms with van der Waals surface area (Å²) >= 11 is 0. The molecule has 0 amide bonds. The van der Waals surface area contributed by atoms with Gasteiger partial charge >= 0.3 is 35.3 Å². The summed E-state index contributed by atoms with van der Waals surface area (Å²) in [5.74, 6) is -2.85. The van der Waals surface area contributed by atoms with E-state index in [1.165, 1.54) is 0 Å². The maximum absolute atomic E-state index is 9.53. The van der Waals surface area contributed by atoms with Gasteiger partial charge in [0.15, 0.2) is 0 Å². The van der Waals surface area contributed by atoms with Crippen LogP contribution < -0.4 is 15.8 Å². The second kappa shape index (κ2) is 21.3. The average molecular weight is 288 g/mol. The van der Waals surface area contributed by atoms with Crippen molar-refractivity contribution in [3.63, 3.8) is 0 Å². The predicted molar refractivity (Wildman–Crippen MR) is 54.6 cm³/mol. The van der Waals surface area contributed by atoms with E-state index in [1.54, 1.807) is 0 Å². The van der Waals surface area contributed by atoms with Gasteiger partial charge in [0.25, 0.3) is 0 Å². The minimum Gasteiger partial charge on any atom is -0.661 e. The maximum atomic E-state index is 9.53. The fourth-order valence-corrected chi connectivity index (χ4v) is 0.102. The third-order valence-corrected chi connectivity index (χ3v) is 0.746. The van der Waals surface area contributed by atoms with E-state index in [0.717, 1.165) is 18.2 Å². The molecule has 0 bridgehead atoms. The van der Waals surface area contributed by atoms with Crippen LogP contribution in [0, 0.1) is 0 Å². The van der Waals surface area contributed by atoms with Crippen LogP contribution in [0.25, 0.3) is 0 Å². The van der Waals surface area contributed by atoms with E-state index in [9.17, 15) is 14.4 Å². The van der Waals surface area contributed by atoms with Crippen molar-refractivity contribution >= 4 is 35.3 Å². The van der Waals surface area contributed by atoms with Crippen LogP contribution in [-0.4, -0.2) is 35.3 Å². The largest absolute Gasteiger partial charge is 3.00 e. The van der Waals surface area contributed by atoms with E-state index in [4.69, 9.17) is 15.8 Å². The second-order valence-electron chi connectivity index (χ2n) is 1.82. The zero-order chi connectivity index (χ0) is 15.0. The summed E-state index contributed by atoms with van der Waals surface area (Å²) in [6.07, 6.45) is 2.40. The second-order valence-corrected chi connectivity index (χ2v) is 1.82. The molecule has 0 aliphatic rings. The summed E-state index contributed by atoms with van der Waals surface area (Å²) in [4.78, 5) is 37.3. The van der Waals surface area contributed by atoms with Crippen molar-refractivity contribution in [2.24, 2.45) is 0 Å². The van der Waals surface area contributed by atoms with Crippen LogP contribution in [0.5, 0.6) is 0 Å². The Morgan fingerprint density at radius 1 is 0.684 bits per heavy atom. The van der Waals surface area contributed by atoms with Gasteiger partial charge in [-0.25, -0.2) is 14.4 Å². The van der Waals surface area contributed by atoms with Crippen molar-refractivity contribution in [3.05, 3.63) is 38.0 Å². The summed E-state index contributed by atoms with van der Waals surface area (Å²) in [5.41, 5.74) is 0. The van der Waals surface area contributed by atoms with Crippen LogP contribution >= 0.6 is 0 Å². The molecule has 0 fully saturated rings. The normalized spacial score (nSPS) is 6.47. The van der Waals surface area contributed by atoms with E-state index in [1.807, 2.05) is 0 Å². The molecule has 0 unspecified atom stereocenters. The summed E-state index contributed by atoms with van der Waals surface area (Å²) in [6, 6.07) is 0. The Morgan fingerprint density at radius 3 is 0.842 bits per heavy atom. The van der Waals surface area contributed by atoms with Gasteiger partial charge in [0, 0.05) is 18.2 Å². The molecule has 0 saturated heterocycles. The van der Waals surface area contributed by atoms with Crippen LogP contribution in [0.4, 0.5) is 0 Å². The molecule has 0 aromatic heterocycles. The van der Waals surface area contributed by atoms with Gasteiger partial charge in [-0.05, 0) is 0 Å². The Bertz CT molecular complexity index is 253. The topological polar surface area (TPSA) is 148 Å². The van der Waals surface area contributed by atoms with Crippen molar-refractivity contribution in [2.45, 2.75) is 0 Å². The van der Waals surface area contributed by atoms with Gasteiger partial charge in [0.2, 0.25) is 0 Å². The van der Waals surface area contributed by atoms with Crippen molar-refractivity contribution in [3.8, 4) is 0 Å². The minimum absolute atomic E-state index is 0. The van der Waals surface area contributed by atoms with E-state index in [-0.39, 0.29) is 17.4 Å². The van der Waals surface area contributed by atoms with E-state index in [0.29, 0.717) is 0 Å². The molecule has 0 heterocycles. The first-order valence-corrected chi connectivity index (χ1v) is 3.82. The van der Waals surface area contributed by atoms with Gasteiger partial charge < -0.3 is 30.4 Å². The maximum Gasteiger partial charge on any atom is 3.00 e. The Labute approximate surface area is 118 Å². The Hall–Kier alpha value is -1.96. The van der Waals surface area contributed by atoms with Gasteiger partial charge in [-0.1, -0.05) is 19.7 Å². The quantitative estimate of drug-likeness (QED) is 0.224. The number of carbonyl (C=O) groups excluding carboxylic acids is 3.